The van der Waals surface area contributed by atoms with Gasteiger partial charge in [0.1, 0.15) is 0 Å². The van der Waals surface area contributed by atoms with Crippen LogP contribution in [0.4, 0.5) is 0 Å². The molecule has 0 aromatic rings. The zero-order valence-electron chi connectivity index (χ0n) is 8.25. The molecule has 0 aliphatic heterocycles. The first-order chi connectivity index (χ1) is 5.77. The summed E-state index contributed by atoms with van der Waals surface area (Å²) in [4.78, 5) is 0. The molecule has 1 nitrogen and oxygen atoms in total. The minimum absolute atomic E-state index is 0.421. The van der Waals surface area contributed by atoms with Crippen LogP contribution in [-0.4, -0.2) is 12.7 Å². The predicted octanol–water partition coefficient (Wildman–Crippen LogP) is 2.85. The number of ether oxygens (including phenoxy) is 1. The zero-order valence-corrected chi connectivity index (χ0v) is 8.25. The van der Waals surface area contributed by atoms with Gasteiger partial charge in [0.15, 0.2) is 0 Å². The summed E-state index contributed by atoms with van der Waals surface area (Å²) >= 11 is 0. The van der Waals surface area contributed by atoms with E-state index in [1.807, 2.05) is 0 Å². The van der Waals surface area contributed by atoms with Crippen molar-refractivity contribution < 1.29 is 4.74 Å². The van der Waals surface area contributed by atoms with Gasteiger partial charge in [0.25, 0.3) is 0 Å². The standard InChI is InChI=1S/C11H20O/c1-8(2)12-7-11(9-3-4-9)10-5-6-10/h8-11H,3-7H2,1-2H3. The minimum atomic E-state index is 0.421. The van der Waals surface area contributed by atoms with Gasteiger partial charge in [-0.05, 0) is 57.3 Å². The fraction of sp³-hybridized carbons (Fsp3) is 1.00. The van der Waals surface area contributed by atoms with Gasteiger partial charge in [0.2, 0.25) is 0 Å². The van der Waals surface area contributed by atoms with Crippen LogP contribution in [0.2, 0.25) is 0 Å². The van der Waals surface area contributed by atoms with Crippen molar-refractivity contribution >= 4 is 0 Å². The van der Waals surface area contributed by atoms with E-state index in [1.165, 1.54) is 25.7 Å². The third-order valence-electron chi connectivity index (χ3n) is 3.08. The van der Waals surface area contributed by atoms with E-state index in [1.54, 1.807) is 0 Å². The maximum Gasteiger partial charge on any atom is 0.0519 e. The molecule has 0 N–H and O–H groups in total. The van der Waals surface area contributed by atoms with Crippen LogP contribution < -0.4 is 0 Å². The highest BCUT2D eigenvalue weighted by Crippen LogP contribution is 2.49. The number of rotatable bonds is 5. The molecule has 0 heterocycles. The quantitative estimate of drug-likeness (QED) is 0.613. The van der Waals surface area contributed by atoms with Crippen LogP contribution in [0, 0.1) is 17.8 Å². The molecule has 2 saturated carbocycles. The third kappa shape index (κ3) is 2.22. The van der Waals surface area contributed by atoms with Crippen molar-refractivity contribution in [1.29, 1.82) is 0 Å². The van der Waals surface area contributed by atoms with Crippen LogP contribution in [0.15, 0.2) is 0 Å². The molecule has 0 radical (unpaired) electrons. The summed E-state index contributed by atoms with van der Waals surface area (Å²) < 4.78 is 5.71. The van der Waals surface area contributed by atoms with E-state index in [0.29, 0.717) is 6.10 Å². The van der Waals surface area contributed by atoms with E-state index in [9.17, 15) is 0 Å². The Kier molecular flexibility index (Phi) is 2.40. The lowest BCUT2D eigenvalue weighted by atomic mass is 9.99. The Balaban J connectivity index is 1.73. The highest BCUT2D eigenvalue weighted by molar-refractivity contribution is 4.91. The van der Waals surface area contributed by atoms with Crippen molar-refractivity contribution in [3.63, 3.8) is 0 Å². The SMILES string of the molecule is CC(C)OCC(C1CC1)C1CC1. The lowest BCUT2D eigenvalue weighted by Gasteiger charge is -2.17. The van der Waals surface area contributed by atoms with Gasteiger partial charge < -0.3 is 4.74 Å². The van der Waals surface area contributed by atoms with E-state index in [0.717, 1.165) is 24.4 Å². The van der Waals surface area contributed by atoms with Gasteiger partial charge in [-0.25, -0.2) is 0 Å². The molecule has 0 spiro atoms. The Morgan fingerprint density at radius 1 is 1.08 bits per heavy atom. The lowest BCUT2D eigenvalue weighted by molar-refractivity contribution is 0.0394. The van der Waals surface area contributed by atoms with Crippen molar-refractivity contribution in [3.8, 4) is 0 Å². The maximum atomic E-state index is 5.71. The van der Waals surface area contributed by atoms with Crippen LogP contribution in [0.25, 0.3) is 0 Å². The smallest absolute Gasteiger partial charge is 0.0519 e. The van der Waals surface area contributed by atoms with E-state index in [-0.39, 0.29) is 0 Å². The molecule has 12 heavy (non-hydrogen) atoms. The van der Waals surface area contributed by atoms with Gasteiger partial charge in [-0.3, -0.25) is 0 Å². The third-order valence-corrected chi connectivity index (χ3v) is 3.08. The average molecular weight is 168 g/mol. The zero-order chi connectivity index (χ0) is 8.55. The average Bonchev–Trinajstić information content (AvgIpc) is 2.83. The maximum absolute atomic E-state index is 5.71. The molecule has 2 aliphatic carbocycles. The van der Waals surface area contributed by atoms with Gasteiger partial charge in [-0.15, -0.1) is 0 Å². The van der Waals surface area contributed by atoms with E-state index >= 15 is 0 Å². The molecule has 0 unspecified atom stereocenters. The molecule has 0 amide bonds. The summed E-state index contributed by atoms with van der Waals surface area (Å²) in [7, 11) is 0. The molecule has 0 atom stereocenters. The summed E-state index contributed by atoms with van der Waals surface area (Å²) in [6.45, 7) is 5.31. The van der Waals surface area contributed by atoms with Crippen LogP contribution in [0.3, 0.4) is 0 Å². The second-order valence-corrected chi connectivity index (χ2v) is 4.72. The molecular formula is C11H20O. The lowest BCUT2D eigenvalue weighted by Crippen LogP contribution is -2.17. The van der Waals surface area contributed by atoms with E-state index in [2.05, 4.69) is 13.8 Å². The van der Waals surface area contributed by atoms with Crippen molar-refractivity contribution in [3.05, 3.63) is 0 Å². The Morgan fingerprint density at radius 3 is 1.92 bits per heavy atom. The first-order valence-electron chi connectivity index (χ1n) is 5.39. The Hall–Kier alpha value is -0.0400. The summed E-state index contributed by atoms with van der Waals surface area (Å²) in [5.41, 5.74) is 0. The van der Waals surface area contributed by atoms with Crippen molar-refractivity contribution in [1.82, 2.24) is 0 Å². The molecule has 0 aromatic heterocycles. The van der Waals surface area contributed by atoms with Gasteiger partial charge in [-0.1, -0.05) is 0 Å². The Morgan fingerprint density at radius 2 is 1.58 bits per heavy atom. The van der Waals surface area contributed by atoms with E-state index in [4.69, 9.17) is 4.74 Å². The molecule has 2 fully saturated rings. The fourth-order valence-corrected chi connectivity index (χ4v) is 2.01. The van der Waals surface area contributed by atoms with Crippen LogP contribution >= 0.6 is 0 Å². The fourth-order valence-electron chi connectivity index (χ4n) is 2.01. The molecule has 0 bridgehead atoms. The number of hydrogen-bond donors (Lipinski definition) is 0. The molecular weight excluding hydrogens is 148 g/mol. The Labute approximate surface area is 75.5 Å². The monoisotopic (exact) mass is 168 g/mol. The van der Waals surface area contributed by atoms with Crippen LogP contribution in [-0.2, 0) is 4.74 Å². The predicted molar refractivity (Wildman–Crippen MR) is 50.0 cm³/mol. The van der Waals surface area contributed by atoms with Crippen LogP contribution in [0.5, 0.6) is 0 Å². The first-order valence-corrected chi connectivity index (χ1v) is 5.39. The largest absolute Gasteiger partial charge is 0.378 e. The van der Waals surface area contributed by atoms with Gasteiger partial charge in [-0.2, -0.15) is 0 Å². The van der Waals surface area contributed by atoms with Crippen molar-refractivity contribution in [2.75, 3.05) is 6.61 Å². The second-order valence-electron chi connectivity index (χ2n) is 4.72. The highest BCUT2D eigenvalue weighted by Gasteiger charge is 2.41. The highest BCUT2D eigenvalue weighted by atomic mass is 16.5. The summed E-state index contributed by atoms with van der Waals surface area (Å²) in [5, 5.41) is 0. The Bertz CT molecular complexity index is 133. The first kappa shape index (κ1) is 8.55. The summed E-state index contributed by atoms with van der Waals surface area (Å²) in [5.74, 6) is 3.00. The molecule has 1 heteroatoms. The van der Waals surface area contributed by atoms with Gasteiger partial charge in [0.05, 0.1) is 12.7 Å². The van der Waals surface area contributed by atoms with Gasteiger partial charge >= 0.3 is 0 Å². The molecule has 0 aromatic carbocycles. The topological polar surface area (TPSA) is 9.23 Å². The second kappa shape index (κ2) is 3.37. The number of hydrogen-bond acceptors (Lipinski definition) is 1. The molecule has 2 rings (SSSR count). The summed E-state index contributed by atoms with van der Waals surface area (Å²) in [6.07, 6.45) is 6.32. The molecule has 0 saturated heterocycles. The van der Waals surface area contributed by atoms with Crippen molar-refractivity contribution in [2.45, 2.75) is 45.6 Å². The molecule has 70 valence electrons. The van der Waals surface area contributed by atoms with Crippen LogP contribution in [0.1, 0.15) is 39.5 Å². The van der Waals surface area contributed by atoms with E-state index < -0.39 is 0 Å². The van der Waals surface area contributed by atoms with Crippen molar-refractivity contribution in [2.24, 2.45) is 17.8 Å². The van der Waals surface area contributed by atoms with Gasteiger partial charge in [0, 0.05) is 0 Å². The normalized spacial score (nSPS) is 24.0. The molecule has 2 aliphatic rings. The minimum Gasteiger partial charge on any atom is -0.378 e. The summed E-state index contributed by atoms with van der Waals surface area (Å²) in [6, 6.07) is 0.